The molecule has 86 valence electrons. The summed E-state index contributed by atoms with van der Waals surface area (Å²) in [7, 11) is 0. The van der Waals surface area contributed by atoms with Crippen LogP contribution in [-0.4, -0.2) is 28.7 Å². The first-order chi connectivity index (χ1) is 7.66. The van der Waals surface area contributed by atoms with Gasteiger partial charge < -0.3 is 15.8 Å². The molecule has 0 aliphatic carbocycles. The fourth-order valence-corrected chi connectivity index (χ4v) is 1.90. The van der Waals surface area contributed by atoms with Crippen molar-refractivity contribution in [3.63, 3.8) is 0 Å². The normalized spacial score (nSPS) is 24.3. The number of nitrogens with two attached hydrogens (primary N) is 1. The van der Waals surface area contributed by atoms with Gasteiger partial charge in [-0.15, -0.1) is 0 Å². The molecule has 0 aromatic carbocycles. The molecule has 2 rings (SSSR count). The summed E-state index contributed by atoms with van der Waals surface area (Å²) in [6.07, 6.45) is 2.92. The van der Waals surface area contributed by atoms with Crippen LogP contribution in [0.4, 0.5) is 5.82 Å². The molecule has 1 aromatic rings. The molecule has 1 aliphatic rings. The maximum absolute atomic E-state index is 5.57. The van der Waals surface area contributed by atoms with Gasteiger partial charge in [0.15, 0.2) is 0 Å². The minimum atomic E-state index is 0.218. The number of anilines is 1. The Hall–Kier alpha value is -1.20. The van der Waals surface area contributed by atoms with E-state index >= 15 is 0 Å². The molecular weight excluding hydrogens is 222 g/mol. The van der Waals surface area contributed by atoms with Crippen molar-refractivity contribution in [1.29, 1.82) is 0 Å². The van der Waals surface area contributed by atoms with Crippen LogP contribution in [0.3, 0.4) is 0 Å². The topological polar surface area (TPSA) is 60.2 Å². The van der Waals surface area contributed by atoms with Crippen molar-refractivity contribution in [2.75, 3.05) is 11.9 Å². The fourth-order valence-electron chi connectivity index (χ4n) is 1.77. The van der Waals surface area contributed by atoms with Gasteiger partial charge >= 0.3 is 0 Å². The Morgan fingerprint density at radius 3 is 3.12 bits per heavy atom. The Morgan fingerprint density at radius 2 is 2.50 bits per heavy atom. The van der Waals surface area contributed by atoms with Gasteiger partial charge in [0.25, 0.3) is 0 Å². The van der Waals surface area contributed by atoms with Gasteiger partial charge in [0, 0.05) is 18.4 Å². The van der Waals surface area contributed by atoms with Crippen molar-refractivity contribution >= 4 is 23.0 Å². The lowest BCUT2D eigenvalue weighted by atomic mass is 10.1. The van der Waals surface area contributed by atoms with Crippen molar-refractivity contribution in [2.45, 2.75) is 25.5 Å². The summed E-state index contributed by atoms with van der Waals surface area (Å²) in [6.45, 7) is 2.86. The van der Waals surface area contributed by atoms with Crippen LogP contribution in [0.1, 0.15) is 18.9 Å². The van der Waals surface area contributed by atoms with Crippen molar-refractivity contribution in [3.8, 4) is 0 Å². The molecule has 2 heterocycles. The second-order valence-electron chi connectivity index (χ2n) is 3.91. The standard InChI is InChI=1S/C11H15N3OS/c1-7-9(3-5-15-7)14-10-6-8(11(12)16)2-4-13-10/h2,4,6-7,9H,3,5H2,1H3,(H2,12,16)(H,13,14). The van der Waals surface area contributed by atoms with E-state index in [1.165, 1.54) is 0 Å². The molecule has 0 amide bonds. The molecule has 0 bridgehead atoms. The lowest BCUT2D eigenvalue weighted by Crippen LogP contribution is -2.27. The molecule has 1 saturated heterocycles. The minimum absolute atomic E-state index is 0.218. The largest absolute Gasteiger partial charge is 0.389 e. The number of hydrogen-bond donors (Lipinski definition) is 2. The predicted octanol–water partition coefficient (Wildman–Crippen LogP) is 1.31. The zero-order valence-electron chi connectivity index (χ0n) is 9.14. The van der Waals surface area contributed by atoms with Crippen LogP contribution in [0.15, 0.2) is 18.3 Å². The molecule has 0 spiro atoms. The quantitative estimate of drug-likeness (QED) is 0.776. The zero-order valence-corrected chi connectivity index (χ0v) is 9.96. The van der Waals surface area contributed by atoms with Gasteiger partial charge in [-0.3, -0.25) is 0 Å². The molecule has 2 atom stereocenters. The second kappa shape index (κ2) is 4.76. The van der Waals surface area contributed by atoms with Crippen LogP contribution in [0, 0.1) is 0 Å². The summed E-state index contributed by atoms with van der Waals surface area (Å²) in [5.74, 6) is 0.799. The van der Waals surface area contributed by atoms with E-state index in [-0.39, 0.29) is 6.10 Å². The summed E-state index contributed by atoms with van der Waals surface area (Å²) in [4.78, 5) is 4.63. The van der Waals surface area contributed by atoms with Gasteiger partial charge in [-0.05, 0) is 25.5 Å². The molecule has 3 N–H and O–H groups in total. The number of nitrogens with one attached hydrogen (secondary N) is 1. The molecule has 1 aromatic heterocycles. The number of ether oxygens (including phenoxy) is 1. The highest BCUT2D eigenvalue weighted by Gasteiger charge is 2.24. The molecule has 0 saturated carbocycles. The number of hydrogen-bond acceptors (Lipinski definition) is 4. The van der Waals surface area contributed by atoms with Crippen LogP contribution in [0.2, 0.25) is 0 Å². The number of rotatable bonds is 3. The van der Waals surface area contributed by atoms with Gasteiger partial charge in [0.1, 0.15) is 10.8 Å². The van der Waals surface area contributed by atoms with E-state index in [1.807, 2.05) is 12.1 Å². The average molecular weight is 237 g/mol. The highest BCUT2D eigenvalue weighted by Crippen LogP contribution is 2.18. The Bertz CT molecular complexity index is 397. The van der Waals surface area contributed by atoms with Crippen molar-refractivity contribution in [2.24, 2.45) is 5.73 Å². The van der Waals surface area contributed by atoms with Crippen molar-refractivity contribution < 1.29 is 4.74 Å². The smallest absolute Gasteiger partial charge is 0.126 e. The molecule has 0 radical (unpaired) electrons. The highest BCUT2D eigenvalue weighted by atomic mass is 32.1. The Labute approximate surface area is 100 Å². The first-order valence-electron chi connectivity index (χ1n) is 5.31. The summed E-state index contributed by atoms with van der Waals surface area (Å²) < 4.78 is 5.47. The lowest BCUT2D eigenvalue weighted by molar-refractivity contribution is 0.121. The SMILES string of the molecule is CC1OCCC1Nc1cc(C(N)=S)ccn1. The van der Waals surface area contributed by atoms with E-state index in [1.54, 1.807) is 6.20 Å². The van der Waals surface area contributed by atoms with E-state index in [9.17, 15) is 0 Å². The van der Waals surface area contributed by atoms with Gasteiger partial charge in [0.2, 0.25) is 0 Å². The molecular formula is C11H15N3OS. The molecule has 16 heavy (non-hydrogen) atoms. The first kappa shape index (κ1) is 11.3. The Balaban J connectivity index is 2.09. The van der Waals surface area contributed by atoms with Gasteiger partial charge in [-0.25, -0.2) is 4.98 Å². The van der Waals surface area contributed by atoms with Crippen molar-refractivity contribution in [1.82, 2.24) is 4.98 Å². The monoisotopic (exact) mass is 237 g/mol. The minimum Gasteiger partial charge on any atom is -0.389 e. The van der Waals surface area contributed by atoms with Crippen LogP contribution in [0.25, 0.3) is 0 Å². The third-order valence-corrected chi connectivity index (χ3v) is 2.99. The highest BCUT2D eigenvalue weighted by molar-refractivity contribution is 7.80. The molecule has 1 aliphatic heterocycles. The Morgan fingerprint density at radius 1 is 1.69 bits per heavy atom. The first-order valence-corrected chi connectivity index (χ1v) is 5.71. The third kappa shape index (κ3) is 2.48. The maximum Gasteiger partial charge on any atom is 0.126 e. The summed E-state index contributed by atoms with van der Waals surface area (Å²) in [5, 5.41) is 3.33. The van der Waals surface area contributed by atoms with Crippen LogP contribution >= 0.6 is 12.2 Å². The van der Waals surface area contributed by atoms with Gasteiger partial charge in [-0.1, -0.05) is 12.2 Å². The maximum atomic E-state index is 5.57. The van der Waals surface area contributed by atoms with E-state index in [0.717, 1.165) is 24.4 Å². The van der Waals surface area contributed by atoms with Crippen LogP contribution in [-0.2, 0) is 4.74 Å². The van der Waals surface area contributed by atoms with Gasteiger partial charge in [0.05, 0.1) is 12.1 Å². The summed E-state index contributed by atoms with van der Waals surface area (Å²) >= 11 is 4.93. The summed E-state index contributed by atoms with van der Waals surface area (Å²) in [5.41, 5.74) is 6.40. The fraction of sp³-hybridized carbons (Fsp3) is 0.455. The lowest BCUT2D eigenvalue weighted by Gasteiger charge is -2.16. The third-order valence-electron chi connectivity index (χ3n) is 2.75. The van der Waals surface area contributed by atoms with E-state index in [4.69, 9.17) is 22.7 Å². The number of thiocarbonyl (C=S) groups is 1. The number of aromatic nitrogens is 1. The summed E-state index contributed by atoms with van der Waals surface area (Å²) in [6, 6.07) is 3.99. The van der Waals surface area contributed by atoms with Crippen LogP contribution < -0.4 is 11.1 Å². The molecule has 2 unspecified atom stereocenters. The predicted molar refractivity (Wildman–Crippen MR) is 67.6 cm³/mol. The molecule has 1 fully saturated rings. The van der Waals surface area contributed by atoms with E-state index in [0.29, 0.717) is 11.0 Å². The second-order valence-corrected chi connectivity index (χ2v) is 4.35. The van der Waals surface area contributed by atoms with E-state index < -0.39 is 0 Å². The van der Waals surface area contributed by atoms with Crippen molar-refractivity contribution in [3.05, 3.63) is 23.9 Å². The number of nitrogens with zero attached hydrogens (tertiary/aromatic N) is 1. The van der Waals surface area contributed by atoms with E-state index in [2.05, 4.69) is 17.2 Å². The average Bonchev–Trinajstić information content (AvgIpc) is 2.65. The molecule has 5 heteroatoms. The number of pyridine rings is 1. The molecule has 4 nitrogen and oxygen atoms in total. The van der Waals surface area contributed by atoms with Gasteiger partial charge in [-0.2, -0.15) is 0 Å². The Kier molecular flexibility index (Phi) is 3.36. The van der Waals surface area contributed by atoms with Crippen LogP contribution in [0.5, 0.6) is 0 Å². The zero-order chi connectivity index (χ0) is 11.5.